The Hall–Kier alpha value is -1.36. The van der Waals surface area contributed by atoms with E-state index in [2.05, 4.69) is 46.7 Å². The summed E-state index contributed by atoms with van der Waals surface area (Å²) >= 11 is 0. The van der Waals surface area contributed by atoms with Crippen molar-refractivity contribution < 1.29 is 0 Å². The van der Waals surface area contributed by atoms with Crippen LogP contribution in [0.4, 0.5) is 11.6 Å². The van der Waals surface area contributed by atoms with E-state index < -0.39 is 0 Å². The zero-order valence-corrected chi connectivity index (χ0v) is 11.5. The third-order valence-corrected chi connectivity index (χ3v) is 2.82. The predicted octanol–water partition coefficient (Wildman–Crippen LogP) is 1.85. The number of nitrogens with zero attached hydrogens (tertiary/aromatic N) is 2. The molecule has 1 aromatic rings. The molecule has 2 rings (SSSR count). The summed E-state index contributed by atoms with van der Waals surface area (Å²) in [5.41, 5.74) is 0.0119. The van der Waals surface area contributed by atoms with Gasteiger partial charge >= 0.3 is 0 Å². The highest BCUT2D eigenvalue weighted by atomic mass is 15.1. The van der Waals surface area contributed by atoms with E-state index in [-0.39, 0.29) is 5.54 Å². The van der Waals surface area contributed by atoms with Gasteiger partial charge in [-0.25, -0.2) is 9.97 Å². The molecule has 5 nitrogen and oxygen atoms in total. The van der Waals surface area contributed by atoms with Crippen molar-refractivity contribution in [3.8, 4) is 0 Å². The van der Waals surface area contributed by atoms with Crippen LogP contribution >= 0.6 is 0 Å². The first-order chi connectivity index (χ1) is 8.53. The number of rotatable bonds is 3. The SMILES string of the molecule is CC(C)(C)Nc1cc(NC2CCCNC2)ncn1. The second-order valence-corrected chi connectivity index (χ2v) is 5.85. The molecule has 0 amide bonds. The Balaban J connectivity index is 1.98. The molecule has 2 heterocycles. The largest absolute Gasteiger partial charge is 0.366 e. The summed E-state index contributed by atoms with van der Waals surface area (Å²) in [6.45, 7) is 8.48. The number of piperidine rings is 1. The number of hydrogen-bond acceptors (Lipinski definition) is 5. The predicted molar refractivity (Wildman–Crippen MR) is 74.9 cm³/mol. The molecule has 0 aliphatic carbocycles. The third-order valence-electron chi connectivity index (χ3n) is 2.82. The number of hydrogen-bond donors (Lipinski definition) is 3. The van der Waals surface area contributed by atoms with Crippen LogP contribution in [0.25, 0.3) is 0 Å². The van der Waals surface area contributed by atoms with Crippen molar-refractivity contribution in [2.45, 2.75) is 45.2 Å². The van der Waals surface area contributed by atoms with Crippen LogP contribution in [0, 0.1) is 0 Å². The lowest BCUT2D eigenvalue weighted by molar-refractivity contribution is 0.479. The molecule has 1 aliphatic rings. The Morgan fingerprint density at radius 3 is 2.72 bits per heavy atom. The van der Waals surface area contributed by atoms with Crippen LogP contribution in [0.3, 0.4) is 0 Å². The Bertz CT molecular complexity index is 379. The van der Waals surface area contributed by atoms with Crippen LogP contribution in [-0.4, -0.2) is 34.6 Å². The minimum absolute atomic E-state index is 0.0119. The lowest BCUT2D eigenvalue weighted by Crippen LogP contribution is -2.38. The van der Waals surface area contributed by atoms with E-state index in [0.717, 1.165) is 24.7 Å². The lowest BCUT2D eigenvalue weighted by atomic mass is 10.1. The molecular weight excluding hydrogens is 226 g/mol. The van der Waals surface area contributed by atoms with Gasteiger partial charge in [-0.15, -0.1) is 0 Å². The molecular formula is C13H23N5. The average molecular weight is 249 g/mol. The van der Waals surface area contributed by atoms with Gasteiger partial charge in [0.1, 0.15) is 18.0 Å². The van der Waals surface area contributed by atoms with E-state index in [1.807, 2.05) is 6.07 Å². The van der Waals surface area contributed by atoms with Crippen molar-refractivity contribution in [1.82, 2.24) is 15.3 Å². The number of nitrogens with one attached hydrogen (secondary N) is 3. The van der Waals surface area contributed by atoms with E-state index in [0.29, 0.717) is 6.04 Å². The maximum Gasteiger partial charge on any atom is 0.131 e. The molecule has 3 N–H and O–H groups in total. The molecule has 0 saturated carbocycles. The number of aromatic nitrogens is 2. The Morgan fingerprint density at radius 1 is 1.28 bits per heavy atom. The van der Waals surface area contributed by atoms with E-state index >= 15 is 0 Å². The molecule has 100 valence electrons. The minimum Gasteiger partial charge on any atom is -0.366 e. The van der Waals surface area contributed by atoms with Gasteiger partial charge < -0.3 is 16.0 Å². The van der Waals surface area contributed by atoms with Gasteiger partial charge in [0, 0.05) is 24.2 Å². The summed E-state index contributed by atoms with van der Waals surface area (Å²) < 4.78 is 0. The minimum atomic E-state index is 0.0119. The fourth-order valence-electron chi connectivity index (χ4n) is 2.07. The smallest absolute Gasteiger partial charge is 0.131 e. The highest BCUT2D eigenvalue weighted by Gasteiger charge is 2.14. The molecule has 1 saturated heterocycles. The topological polar surface area (TPSA) is 61.9 Å². The van der Waals surface area contributed by atoms with Crippen LogP contribution in [-0.2, 0) is 0 Å². The van der Waals surface area contributed by atoms with E-state index in [1.165, 1.54) is 12.8 Å². The summed E-state index contributed by atoms with van der Waals surface area (Å²) in [5, 5.41) is 10.2. The molecule has 1 atom stereocenters. The van der Waals surface area contributed by atoms with Gasteiger partial charge in [0.05, 0.1) is 0 Å². The normalized spacial score (nSPS) is 20.5. The van der Waals surface area contributed by atoms with Gasteiger partial charge in [-0.3, -0.25) is 0 Å². The lowest BCUT2D eigenvalue weighted by Gasteiger charge is -2.25. The first-order valence-electron chi connectivity index (χ1n) is 6.60. The molecule has 5 heteroatoms. The third kappa shape index (κ3) is 4.14. The zero-order chi connectivity index (χ0) is 13.0. The number of anilines is 2. The Kier molecular flexibility index (Phi) is 4.01. The van der Waals surface area contributed by atoms with Gasteiger partial charge in [-0.1, -0.05) is 0 Å². The van der Waals surface area contributed by atoms with Gasteiger partial charge in [0.2, 0.25) is 0 Å². The van der Waals surface area contributed by atoms with Crippen LogP contribution in [0.1, 0.15) is 33.6 Å². The van der Waals surface area contributed by atoms with E-state index in [4.69, 9.17) is 0 Å². The molecule has 18 heavy (non-hydrogen) atoms. The van der Waals surface area contributed by atoms with Crippen LogP contribution < -0.4 is 16.0 Å². The van der Waals surface area contributed by atoms with Gasteiger partial charge in [-0.05, 0) is 40.2 Å². The maximum atomic E-state index is 4.27. The molecule has 1 fully saturated rings. The monoisotopic (exact) mass is 249 g/mol. The fraction of sp³-hybridized carbons (Fsp3) is 0.692. The molecule has 1 aliphatic heterocycles. The molecule has 1 unspecified atom stereocenters. The van der Waals surface area contributed by atoms with Gasteiger partial charge in [0.25, 0.3) is 0 Å². The van der Waals surface area contributed by atoms with Crippen LogP contribution in [0.15, 0.2) is 12.4 Å². The van der Waals surface area contributed by atoms with Crippen molar-refractivity contribution in [3.63, 3.8) is 0 Å². The molecule has 0 aromatic carbocycles. The standard InChI is InChI=1S/C13H23N5/c1-13(2,3)18-12-7-11(15-9-16-12)17-10-5-4-6-14-8-10/h7,9-10,14H,4-6,8H2,1-3H3,(H2,15,16,17,18). The van der Waals surface area contributed by atoms with Crippen molar-refractivity contribution in [1.29, 1.82) is 0 Å². The second-order valence-electron chi connectivity index (χ2n) is 5.85. The summed E-state index contributed by atoms with van der Waals surface area (Å²) in [5.74, 6) is 1.76. The summed E-state index contributed by atoms with van der Waals surface area (Å²) in [7, 11) is 0. The first kappa shape index (κ1) is 13.1. The van der Waals surface area contributed by atoms with Crippen molar-refractivity contribution in [3.05, 3.63) is 12.4 Å². The molecule has 1 aromatic heterocycles. The highest BCUT2D eigenvalue weighted by Crippen LogP contribution is 2.16. The molecule has 0 radical (unpaired) electrons. The quantitative estimate of drug-likeness (QED) is 0.763. The second kappa shape index (κ2) is 5.52. The first-order valence-corrected chi connectivity index (χ1v) is 6.60. The van der Waals surface area contributed by atoms with Gasteiger partial charge in [0.15, 0.2) is 0 Å². The zero-order valence-electron chi connectivity index (χ0n) is 11.5. The summed E-state index contributed by atoms with van der Waals surface area (Å²) in [4.78, 5) is 8.51. The van der Waals surface area contributed by atoms with Crippen molar-refractivity contribution in [2.75, 3.05) is 23.7 Å². The summed E-state index contributed by atoms with van der Waals surface area (Å²) in [6.07, 6.45) is 4.02. The molecule has 0 spiro atoms. The average Bonchev–Trinajstić information content (AvgIpc) is 2.28. The maximum absolute atomic E-state index is 4.27. The van der Waals surface area contributed by atoms with Crippen molar-refractivity contribution in [2.24, 2.45) is 0 Å². The van der Waals surface area contributed by atoms with Crippen molar-refractivity contribution >= 4 is 11.6 Å². The highest BCUT2D eigenvalue weighted by molar-refractivity contribution is 5.48. The van der Waals surface area contributed by atoms with E-state index in [1.54, 1.807) is 6.33 Å². The Morgan fingerprint density at radius 2 is 2.06 bits per heavy atom. The fourth-order valence-corrected chi connectivity index (χ4v) is 2.07. The molecule has 0 bridgehead atoms. The van der Waals surface area contributed by atoms with Crippen LogP contribution in [0.2, 0.25) is 0 Å². The van der Waals surface area contributed by atoms with Crippen LogP contribution in [0.5, 0.6) is 0 Å². The Labute approximate surface area is 109 Å². The van der Waals surface area contributed by atoms with Gasteiger partial charge in [-0.2, -0.15) is 0 Å². The van der Waals surface area contributed by atoms with E-state index in [9.17, 15) is 0 Å². The summed E-state index contributed by atoms with van der Waals surface area (Å²) in [6, 6.07) is 2.44.